The topological polar surface area (TPSA) is 70.1 Å². The Balaban J connectivity index is 2.40. The molecule has 0 spiro atoms. The van der Waals surface area contributed by atoms with Crippen molar-refractivity contribution in [2.45, 2.75) is 32.3 Å². The molecule has 6 nitrogen and oxygen atoms in total. The molecule has 0 saturated carbocycles. The van der Waals surface area contributed by atoms with Gasteiger partial charge in [0.2, 0.25) is 0 Å². The first-order valence-electron chi connectivity index (χ1n) is 7.06. The minimum absolute atomic E-state index is 0.0310. The van der Waals surface area contributed by atoms with Gasteiger partial charge in [-0.1, -0.05) is 13.0 Å². The third-order valence-electron chi connectivity index (χ3n) is 3.27. The van der Waals surface area contributed by atoms with Crippen LogP contribution in [0.15, 0.2) is 12.7 Å². The number of carbonyl (C=O) groups excluding carboxylic acids is 1. The molecule has 0 unspecified atom stereocenters. The highest BCUT2D eigenvalue weighted by Crippen LogP contribution is 2.15. The fourth-order valence-electron chi connectivity index (χ4n) is 2.29. The zero-order valence-corrected chi connectivity index (χ0v) is 12.1. The molecule has 1 aliphatic heterocycles. The van der Waals surface area contributed by atoms with E-state index in [0.717, 1.165) is 13.0 Å². The average Bonchev–Trinajstić information content (AvgIpc) is 2.44. The van der Waals surface area contributed by atoms with E-state index in [1.54, 1.807) is 15.9 Å². The normalized spacial score (nSPS) is 15.9. The summed E-state index contributed by atoms with van der Waals surface area (Å²) < 4.78 is 5.26. The first-order valence-corrected chi connectivity index (χ1v) is 7.06. The van der Waals surface area contributed by atoms with Crippen LogP contribution in [0.4, 0.5) is 4.79 Å². The molecule has 1 fully saturated rings. The lowest BCUT2D eigenvalue weighted by Crippen LogP contribution is -2.48. The van der Waals surface area contributed by atoms with Gasteiger partial charge in [0.25, 0.3) is 0 Å². The van der Waals surface area contributed by atoms with Crippen LogP contribution in [-0.2, 0) is 9.53 Å². The first-order chi connectivity index (χ1) is 9.58. The van der Waals surface area contributed by atoms with Crippen LogP contribution in [0.25, 0.3) is 0 Å². The Bertz CT molecular complexity index is 338. The minimum Gasteiger partial charge on any atom is -0.480 e. The van der Waals surface area contributed by atoms with Gasteiger partial charge in [0.15, 0.2) is 0 Å². The molecular formula is C14H24N2O4. The van der Waals surface area contributed by atoms with Crippen LogP contribution in [0.1, 0.15) is 26.2 Å². The van der Waals surface area contributed by atoms with Gasteiger partial charge in [-0.05, 0) is 19.3 Å². The van der Waals surface area contributed by atoms with Crippen molar-refractivity contribution in [1.82, 2.24) is 9.80 Å². The summed E-state index contributed by atoms with van der Waals surface area (Å²) in [6, 6.07) is 0.0310. The van der Waals surface area contributed by atoms with Gasteiger partial charge in [-0.2, -0.15) is 0 Å². The molecule has 1 heterocycles. The molecule has 1 N–H and O–H groups in total. The number of amides is 2. The zero-order valence-electron chi connectivity index (χ0n) is 12.1. The van der Waals surface area contributed by atoms with Gasteiger partial charge in [0.1, 0.15) is 6.61 Å². The molecule has 20 heavy (non-hydrogen) atoms. The van der Waals surface area contributed by atoms with E-state index in [1.165, 1.54) is 0 Å². The predicted octanol–water partition coefficient (Wildman–Crippen LogP) is 1.57. The number of nitrogens with zero attached hydrogens (tertiary/aromatic N) is 2. The number of urea groups is 1. The standard InChI is InChI=1S/C14H24N2O4/c1-3-7-15(8-4-2)14(19)16-9-5-12(6-10-16)20-11-13(17)18/h3,12H,1,4-11H2,2H3,(H,17,18). The fourth-order valence-corrected chi connectivity index (χ4v) is 2.29. The van der Waals surface area contributed by atoms with Gasteiger partial charge in [-0.3, -0.25) is 0 Å². The molecule has 0 bridgehead atoms. The lowest BCUT2D eigenvalue weighted by Gasteiger charge is -2.35. The quantitative estimate of drug-likeness (QED) is 0.720. The number of carboxylic acid groups (broad SMARTS) is 1. The Morgan fingerprint density at radius 1 is 1.45 bits per heavy atom. The van der Waals surface area contributed by atoms with Gasteiger partial charge in [0, 0.05) is 26.2 Å². The van der Waals surface area contributed by atoms with Crippen LogP contribution in [0.5, 0.6) is 0 Å². The van der Waals surface area contributed by atoms with Gasteiger partial charge < -0.3 is 19.6 Å². The van der Waals surface area contributed by atoms with Crippen molar-refractivity contribution in [3.8, 4) is 0 Å². The number of hydrogen-bond acceptors (Lipinski definition) is 3. The second-order valence-corrected chi connectivity index (χ2v) is 4.91. The monoisotopic (exact) mass is 284 g/mol. The van der Waals surface area contributed by atoms with Crippen LogP contribution in [0.3, 0.4) is 0 Å². The fraction of sp³-hybridized carbons (Fsp3) is 0.714. The molecule has 0 aromatic rings. The number of carboxylic acids is 1. The molecule has 0 aromatic carbocycles. The van der Waals surface area contributed by atoms with Crippen molar-refractivity contribution >= 4 is 12.0 Å². The van der Waals surface area contributed by atoms with Gasteiger partial charge in [-0.15, -0.1) is 6.58 Å². The van der Waals surface area contributed by atoms with Crippen LogP contribution in [-0.4, -0.2) is 65.8 Å². The maximum Gasteiger partial charge on any atom is 0.329 e. The molecule has 114 valence electrons. The molecule has 1 rings (SSSR count). The van der Waals surface area contributed by atoms with E-state index in [9.17, 15) is 9.59 Å². The van der Waals surface area contributed by atoms with E-state index in [1.807, 2.05) is 6.92 Å². The van der Waals surface area contributed by atoms with Crippen LogP contribution < -0.4 is 0 Å². The summed E-state index contributed by atoms with van der Waals surface area (Å²) in [6.45, 7) is 7.95. The van der Waals surface area contributed by atoms with Crippen LogP contribution in [0, 0.1) is 0 Å². The van der Waals surface area contributed by atoms with Crippen molar-refractivity contribution in [3.05, 3.63) is 12.7 Å². The number of ether oxygens (including phenoxy) is 1. The smallest absolute Gasteiger partial charge is 0.329 e. The van der Waals surface area contributed by atoms with E-state index >= 15 is 0 Å². The van der Waals surface area contributed by atoms with E-state index in [2.05, 4.69) is 6.58 Å². The van der Waals surface area contributed by atoms with Crippen LogP contribution in [0.2, 0.25) is 0 Å². The van der Waals surface area contributed by atoms with Crippen molar-refractivity contribution in [3.63, 3.8) is 0 Å². The Morgan fingerprint density at radius 2 is 2.10 bits per heavy atom. The summed E-state index contributed by atoms with van der Waals surface area (Å²) >= 11 is 0. The SMILES string of the molecule is C=CCN(CCC)C(=O)N1CCC(OCC(=O)O)CC1. The van der Waals surface area contributed by atoms with Gasteiger partial charge in [-0.25, -0.2) is 9.59 Å². The number of aliphatic carboxylic acids is 1. The summed E-state index contributed by atoms with van der Waals surface area (Å²) in [5.74, 6) is -0.955. The third-order valence-corrected chi connectivity index (χ3v) is 3.27. The lowest BCUT2D eigenvalue weighted by molar-refractivity contribution is -0.145. The number of piperidine rings is 1. The van der Waals surface area contributed by atoms with Crippen molar-refractivity contribution < 1.29 is 19.4 Å². The van der Waals surface area contributed by atoms with E-state index in [4.69, 9.17) is 9.84 Å². The minimum atomic E-state index is -0.955. The number of hydrogen-bond donors (Lipinski definition) is 1. The van der Waals surface area contributed by atoms with Crippen molar-refractivity contribution in [2.24, 2.45) is 0 Å². The lowest BCUT2D eigenvalue weighted by atomic mass is 10.1. The Kier molecular flexibility index (Phi) is 7.08. The summed E-state index contributed by atoms with van der Waals surface area (Å²) in [7, 11) is 0. The second-order valence-electron chi connectivity index (χ2n) is 4.91. The van der Waals surface area contributed by atoms with Gasteiger partial charge in [0.05, 0.1) is 6.10 Å². The molecule has 1 saturated heterocycles. The molecule has 6 heteroatoms. The first kappa shape index (κ1) is 16.5. The zero-order chi connectivity index (χ0) is 15.0. The number of rotatable bonds is 7. The molecule has 0 aliphatic carbocycles. The average molecular weight is 284 g/mol. The van der Waals surface area contributed by atoms with E-state index < -0.39 is 5.97 Å². The largest absolute Gasteiger partial charge is 0.480 e. The number of carbonyl (C=O) groups is 2. The predicted molar refractivity (Wildman–Crippen MR) is 75.6 cm³/mol. The molecule has 0 aromatic heterocycles. The maximum atomic E-state index is 12.3. The molecule has 1 aliphatic rings. The Labute approximate surface area is 120 Å². The summed E-state index contributed by atoms with van der Waals surface area (Å²) in [6.07, 6.45) is 3.96. The van der Waals surface area contributed by atoms with Gasteiger partial charge >= 0.3 is 12.0 Å². The molecule has 0 atom stereocenters. The van der Waals surface area contributed by atoms with E-state index in [-0.39, 0.29) is 18.7 Å². The molecule has 0 radical (unpaired) electrons. The maximum absolute atomic E-state index is 12.3. The van der Waals surface area contributed by atoms with Crippen molar-refractivity contribution in [1.29, 1.82) is 0 Å². The number of likely N-dealkylation sites (tertiary alicyclic amines) is 1. The summed E-state index contributed by atoms with van der Waals surface area (Å²) in [4.78, 5) is 26.4. The Hall–Kier alpha value is -1.56. The molecule has 2 amide bonds. The highest BCUT2D eigenvalue weighted by molar-refractivity contribution is 5.74. The van der Waals surface area contributed by atoms with E-state index in [0.29, 0.717) is 32.5 Å². The second kappa shape index (κ2) is 8.58. The Morgan fingerprint density at radius 3 is 2.60 bits per heavy atom. The molecular weight excluding hydrogens is 260 g/mol. The summed E-state index contributed by atoms with van der Waals surface area (Å²) in [5.41, 5.74) is 0. The summed E-state index contributed by atoms with van der Waals surface area (Å²) in [5, 5.41) is 8.57. The van der Waals surface area contributed by atoms with Crippen LogP contribution >= 0.6 is 0 Å². The highest BCUT2D eigenvalue weighted by Gasteiger charge is 2.26. The van der Waals surface area contributed by atoms with Crippen molar-refractivity contribution in [2.75, 3.05) is 32.8 Å². The highest BCUT2D eigenvalue weighted by atomic mass is 16.5. The third kappa shape index (κ3) is 5.21.